The SMILES string of the molecule is CC(C)CNC(=O)CN(C)CC(CN)C(F)(F)F. The van der Waals surface area contributed by atoms with Gasteiger partial charge in [0.15, 0.2) is 0 Å². The van der Waals surface area contributed by atoms with Gasteiger partial charge in [0.2, 0.25) is 5.91 Å². The summed E-state index contributed by atoms with van der Waals surface area (Å²) in [4.78, 5) is 12.7. The fraction of sp³-hybridized carbons (Fsp3) is 0.909. The van der Waals surface area contributed by atoms with Gasteiger partial charge in [-0.2, -0.15) is 13.2 Å². The Bertz CT molecular complexity index is 256. The van der Waals surface area contributed by atoms with E-state index in [1.54, 1.807) is 0 Å². The maximum absolute atomic E-state index is 12.5. The summed E-state index contributed by atoms with van der Waals surface area (Å²) in [5.74, 6) is -1.56. The average Bonchev–Trinajstić information content (AvgIpc) is 2.21. The van der Waals surface area contributed by atoms with Crippen LogP contribution in [0.4, 0.5) is 13.2 Å². The summed E-state index contributed by atoms with van der Waals surface area (Å²) in [7, 11) is 1.48. The molecule has 7 heteroatoms. The van der Waals surface area contributed by atoms with Crippen molar-refractivity contribution in [2.75, 3.05) is 33.2 Å². The highest BCUT2D eigenvalue weighted by Crippen LogP contribution is 2.25. The molecule has 0 saturated carbocycles. The molecular formula is C11H22F3N3O. The van der Waals surface area contributed by atoms with E-state index in [4.69, 9.17) is 5.73 Å². The molecule has 0 saturated heterocycles. The minimum atomic E-state index is -4.32. The number of carbonyl (C=O) groups is 1. The van der Waals surface area contributed by atoms with Crippen LogP contribution in [-0.2, 0) is 4.79 Å². The van der Waals surface area contributed by atoms with Crippen LogP contribution in [0.2, 0.25) is 0 Å². The second kappa shape index (κ2) is 7.58. The van der Waals surface area contributed by atoms with Crippen LogP contribution in [0.1, 0.15) is 13.8 Å². The Hall–Kier alpha value is -0.820. The molecule has 0 fully saturated rings. The van der Waals surface area contributed by atoms with Gasteiger partial charge in [-0.15, -0.1) is 0 Å². The Kier molecular flexibility index (Phi) is 7.23. The van der Waals surface area contributed by atoms with E-state index < -0.39 is 18.6 Å². The van der Waals surface area contributed by atoms with E-state index in [0.29, 0.717) is 12.5 Å². The minimum Gasteiger partial charge on any atom is -0.355 e. The van der Waals surface area contributed by atoms with Crippen molar-refractivity contribution in [3.8, 4) is 0 Å². The van der Waals surface area contributed by atoms with Gasteiger partial charge in [-0.05, 0) is 13.0 Å². The van der Waals surface area contributed by atoms with Crippen LogP contribution in [0.15, 0.2) is 0 Å². The van der Waals surface area contributed by atoms with E-state index >= 15 is 0 Å². The van der Waals surface area contributed by atoms with Gasteiger partial charge in [0.05, 0.1) is 12.5 Å². The molecule has 0 aliphatic heterocycles. The molecule has 4 nitrogen and oxygen atoms in total. The number of halogens is 3. The fourth-order valence-electron chi connectivity index (χ4n) is 1.37. The van der Waals surface area contributed by atoms with E-state index in [-0.39, 0.29) is 19.0 Å². The molecule has 0 heterocycles. The molecule has 0 aromatic heterocycles. The zero-order valence-corrected chi connectivity index (χ0v) is 11.0. The lowest BCUT2D eigenvalue weighted by Gasteiger charge is -2.24. The smallest absolute Gasteiger partial charge is 0.355 e. The van der Waals surface area contributed by atoms with Gasteiger partial charge in [0.1, 0.15) is 0 Å². The quantitative estimate of drug-likeness (QED) is 0.719. The van der Waals surface area contributed by atoms with Crippen molar-refractivity contribution >= 4 is 5.91 Å². The molecule has 18 heavy (non-hydrogen) atoms. The van der Waals surface area contributed by atoms with Crippen LogP contribution in [0.3, 0.4) is 0 Å². The summed E-state index contributed by atoms with van der Waals surface area (Å²) in [6, 6.07) is 0. The van der Waals surface area contributed by atoms with Crippen LogP contribution >= 0.6 is 0 Å². The van der Waals surface area contributed by atoms with E-state index in [1.807, 2.05) is 13.8 Å². The predicted molar refractivity (Wildman–Crippen MR) is 63.9 cm³/mol. The molecule has 108 valence electrons. The number of likely N-dealkylation sites (N-methyl/N-ethyl adjacent to an activating group) is 1. The first kappa shape index (κ1) is 17.2. The Morgan fingerprint density at radius 3 is 2.33 bits per heavy atom. The molecule has 0 aliphatic carbocycles. The number of hydrogen-bond acceptors (Lipinski definition) is 3. The normalized spacial score (nSPS) is 14.1. The third kappa shape index (κ3) is 7.50. The summed E-state index contributed by atoms with van der Waals surface area (Å²) in [6.45, 7) is 3.61. The van der Waals surface area contributed by atoms with Crippen molar-refractivity contribution in [1.29, 1.82) is 0 Å². The molecule has 3 N–H and O–H groups in total. The zero-order valence-electron chi connectivity index (χ0n) is 11.0. The second-order valence-electron chi connectivity index (χ2n) is 4.87. The van der Waals surface area contributed by atoms with Crippen molar-refractivity contribution in [1.82, 2.24) is 10.2 Å². The maximum Gasteiger partial charge on any atom is 0.394 e. The van der Waals surface area contributed by atoms with Crippen LogP contribution < -0.4 is 11.1 Å². The number of amides is 1. The highest BCUT2D eigenvalue weighted by atomic mass is 19.4. The highest BCUT2D eigenvalue weighted by molar-refractivity contribution is 5.77. The third-order valence-corrected chi connectivity index (χ3v) is 2.40. The Morgan fingerprint density at radius 2 is 1.94 bits per heavy atom. The van der Waals surface area contributed by atoms with Crippen LogP contribution in [0, 0.1) is 11.8 Å². The number of nitrogens with zero attached hydrogens (tertiary/aromatic N) is 1. The summed E-state index contributed by atoms with van der Waals surface area (Å²) in [5.41, 5.74) is 5.09. The summed E-state index contributed by atoms with van der Waals surface area (Å²) >= 11 is 0. The molecule has 1 amide bonds. The standard InChI is InChI=1S/C11H22F3N3O/c1-8(2)5-16-10(18)7-17(3)6-9(4-15)11(12,13)14/h8-9H,4-7,15H2,1-3H3,(H,16,18). The Balaban J connectivity index is 4.09. The molecule has 0 spiro atoms. The Morgan fingerprint density at radius 1 is 1.39 bits per heavy atom. The van der Waals surface area contributed by atoms with Crippen LogP contribution in [0.5, 0.6) is 0 Å². The number of carbonyl (C=O) groups excluding carboxylic acids is 1. The lowest BCUT2D eigenvalue weighted by atomic mass is 10.1. The van der Waals surface area contributed by atoms with Crippen LogP contribution in [0.25, 0.3) is 0 Å². The summed E-state index contributed by atoms with van der Waals surface area (Å²) in [5, 5.41) is 2.65. The zero-order chi connectivity index (χ0) is 14.3. The molecule has 0 aliphatic rings. The summed E-state index contributed by atoms with van der Waals surface area (Å²) in [6.07, 6.45) is -4.32. The monoisotopic (exact) mass is 269 g/mol. The highest BCUT2D eigenvalue weighted by Gasteiger charge is 2.39. The van der Waals surface area contributed by atoms with Crippen molar-refractivity contribution in [2.45, 2.75) is 20.0 Å². The number of alkyl halides is 3. The topological polar surface area (TPSA) is 58.4 Å². The van der Waals surface area contributed by atoms with Gasteiger partial charge in [-0.1, -0.05) is 13.8 Å². The molecular weight excluding hydrogens is 247 g/mol. The average molecular weight is 269 g/mol. The van der Waals surface area contributed by atoms with E-state index in [9.17, 15) is 18.0 Å². The maximum atomic E-state index is 12.5. The lowest BCUT2D eigenvalue weighted by molar-refractivity contribution is -0.175. The van der Waals surface area contributed by atoms with Gasteiger partial charge in [0, 0.05) is 19.6 Å². The minimum absolute atomic E-state index is 0.0563. The van der Waals surface area contributed by atoms with E-state index in [0.717, 1.165) is 0 Å². The fourth-order valence-corrected chi connectivity index (χ4v) is 1.37. The molecule has 1 atom stereocenters. The largest absolute Gasteiger partial charge is 0.394 e. The molecule has 0 radical (unpaired) electrons. The number of rotatable bonds is 7. The molecule has 1 unspecified atom stereocenters. The number of hydrogen-bond donors (Lipinski definition) is 2. The molecule has 0 aromatic carbocycles. The van der Waals surface area contributed by atoms with Gasteiger partial charge in [-0.3, -0.25) is 9.69 Å². The molecule has 0 aromatic rings. The van der Waals surface area contributed by atoms with Gasteiger partial charge < -0.3 is 11.1 Å². The second-order valence-corrected chi connectivity index (χ2v) is 4.87. The molecule has 0 rings (SSSR count). The lowest BCUT2D eigenvalue weighted by Crippen LogP contribution is -2.43. The van der Waals surface area contributed by atoms with Crippen molar-refractivity contribution in [2.24, 2.45) is 17.6 Å². The van der Waals surface area contributed by atoms with E-state index in [2.05, 4.69) is 5.32 Å². The Labute approximate surface area is 106 Å². The predicted octanol–water partition coefficient (Wildman–Crippen LogP) is 0.828. The van der Waals surface area contributed by atoms with Gasteiger partial charge >= 0.3 is 6.18 Å². The number of nitrogens with one attached hydrogen (secondary N) is 1. The van der Waals surface area contributed by atoms with Crippen LogP contribution in [-0.4, -0.2) is 50.2 Å². The van der Waals surface area contributed by atoms with Crippen molar-refractivity contribution in [3.05, 3.63) is 0 Å². The van der Waals surface area contributed by atoms with Gasteiger partial charge in [-0.25, -0.2) is 0 Å². The van der Waals surface area contributed by atoms with Crippen molar-refractivity contribution in [3.63, 3.8) is 0 Å². The molecule has 0 bridgehead atoms. The summed E-state index contributed by atoms with van der Waals surface area (Å²) < 4.78 is 37.4. The van der Waals surface area contributed by atoms with Gasteiger partial charge in [0.25, 0.3) is 0 Å². The first-order chi connectivity index (χ1) is 8.16. The first-order valence-electron chi connectivity index (χ1n) is 5.88. The third-order valence-electron chi connectivity index (χ3n) is 2.40. The van der Waals surface area contributed by atoms with Crippen molar-refractivity contribution < 1.29 is 18.0 Å². The first-order valence-corrected chi connectivity index (χ1v) is 5.88. The van der Waals surface area contributed by atoms with E-state index in [1.165, 1.54) is 11.9 Å². The number of nitrogens with two attached hydrogens (primary N) is 1.